The van der Waals surface area contributed by atoms with Crippen molar-refractivity contribution in [3.63, 3.8) is 0 Å². The molecule has 3 rings (SSSR count). The van der Waals surface area contributed by atoms with E-state index in [0.29, 0.717) is 5.56 Å². The van der Waals surface area contributed by atoms with Crippen LogP contribution in [0.15, 0.2) is 54.9 Å². The first-order valence-electron chi connectivity index (χ1n) is 6.17. The van der Waals surface area contributed by atoms with E-state index in [1.165, 1.54) is 0 Å². The quantitative estimate of drug-likeness (QED) is 0.692. The van der Waals surface area contributed by atoms with Gasteiger partial charge in [0.15, 0.2) is 0 Å². The van der Waals surface area contributed by atoms with Gasteiger partial charge in [0.2, 0.25) is 0 Å². The van der Waals surface area contributed by atoms with Crippen LogP contribution in [-0.2, 0) is 0 Å². The van der Waals surface area contributed by atoms with Gasteiger partial charge in [-0.1, -0.05) is 6.07 Å². The Labute approximate surface area is 116 Å². The Morgan fingerprint density at radius 3 is 2.85 bits per heavy atom. The summed E-state index contributed by atoms with van der Waals surface area (Å²) in [6.45, 7) is 0. The smallest absolute Gasteiger partial charge is 0.0992 e. The summed E-state index contributed by atoms with van der Waals surface area (Å²) in [5, 5.41) is 14.1. The molecule has 2 aromatic carbocycles. The minimum absolute atomic E-state index is 0.618. The fourth-order valence-electron chi connectivity index (χ4n) is 2.14. The van der Waals surface area contributed by atoms with Gasteiger partial charge in [-0.3, -0.25) is 4.98 Å². The normalized spacial score (nSPS) is 10.2. The molecule has 0 radical (unpaired) electrons. The average molecular weight is 260 g/mol. The number of nitrogens with two attached hydrogens (primary N) is 1. The monoisotopic (exact) mass is 260 g/mol. The van der Waals surface area contributed by atoms with Gasteiger partial charge in [0.1, 0.15) is 0 Å². The summed E-state index contributed by atoms with van der Waals surface area (Å²) in [7, 11) is 0. The number of nitrogens with zero attached hydrogens (tertiary/aromatic N) is 2. The van der Waals surface area contributed by atoms with Crippen LogP contribution in [0.3, 0.4) is 0 Å². The molecule has 0 fully saturated rings. The molecule has 0 bridgehead atoms. The highest BCUT2D eigenvalue weighted by atomic mass is 14.9. The number of nitrogens with one attached hydrogen (secondary N) is 1. The van der Waals surface area contributed by atoms with Crippen LogP contribution in [0.5, 0.6) is 0 Å². The van der Waals surface area contributed by atoms with Crippen LogP contribution in [-0.4, -0.2) is 4.98 Å². The highest BCUT2D eigenvalue weighted by molar-refractivity contribution is 6.01. The second-order valence-corrected chi connectivity index (χ2v) is 4.44. The SMILES string of the molecule is N#Cc1cccc(Nc2ccc(N)c3ccncc23)c1. The van der Waals surface area contributed by atoms with Crippen LogP contribution in [0.2, 0.25) is 0 Å². The molecule has 0 atom stereocenters. The third kappa shape index (κ3) is 2.13. The molecule has 0 saturated heterocycles. The topological polar surface area (TPSA) is 74.7 Å². The number of pyridine rings is 1. The van der Waals surface area contributed by atoms with Crippen molar-refractivity contribution in [1.82, 2.24) is 4.98 Å². The lowest BCUT2D eigenvalue weighted by Crippen LogP contribution is -1.95. The van der Waals surface area contributed by atoms with Crippen molar-refractivity contribution < 1.29 is 0 Å². The van der Waals surface area contributed by atoms with Gasteiger partial charge in [-0.05, 0) is 36.4 Å². The molecule has 0 unspecified atom stereocenters. The van der Waals surface area contributed by atoms with Crippen LogP contribution >= 0.6 is 0 Å². The average Bonchev–Trinajstić information content (AvgIpc) is 2.51. The molecule has 0 aliphatic heterocycles. The van der Waals surface area contributed by atoms with Gasteiger partial charge in [-0.15, -0.1) is 0 Å². The number of hydrogen-bond donors (Lipinski definition) is 2. The summed E-state index contributed by atoms with van der Waals surface area (Å²) in [6.07, 6.45) is 3.50. The third-order valence-corrected chi connectivity index (χ3v) is 3.12. The van der Waals surface area contributed by atoms with Crippen molar-refractivity contribution in [3.05, 3.63) is 60.4 Å². The molecule has 4 nitrogen and oxygen atoms in total. The Kier molecular flexibility index (Phi) is 2.94. The standard InChI is InChI=1S/C16H12N4/c17-9-11-2-1-3-12(8-11)20-16-5-4-15(18)13-6-7-19-10-14(13)16/h1-8,10,20H,18H2. The highest BCUT2D eigenvalue weighted by Gasteiger charge is 2.04. The predicted octanol–water partition coefficient (Wildman–Crippen LogP) is 3.43. The number of nitrogen functional groups attached to an aromatic ring is 1. The second kappa shape index (κ2) is 4.90. The van der Waals surface area contributed by atoms with Gasteiger partial charge < -0.3 is 11.1 Å². The Balaban J connectivity index is 2.07. The number of nitriles is 1. The number of benzene rings is 2. The van der Waals surface area contributed by atoms with E-state index in [9.17, 15) is 0 Å². The molecule has 4 heteroatoms. The lowest BCUT2D eigenvalue weighted by atomic mass is 10.1. The maximum absolute atomic E-state index is 8.93. The maximum atomic E-state index is 8.93. The predicted molar refractivity (Wildman–Crippen MR) is 80.6 cm³/mol. The van der Waals surface area contributed by atoms with Crippen LogP contribution in [0.25, 0.3) is 10.8 Å². The molecule has 20 heavy (non-hydrogen) atoms. The Bertz CT molecular complexity index is 818. The Hall–Kier alpha value is -3.06. The molecular weight excluding hydrogens is 248 g/mol. The Morgan fingerprint density at radius 2 is 2.00 bits per heavy atom. The highest BCUT2D eigenvalue weighted by Crippen LogP contribution is 2.29. The van der Waals surface area contributed by atoms with E-state index < -0.39 is 0 Å². The molecule has 3 aromatic rings. The molecule has 1 aromatic heterocycles. The number of rotatable bonds is 2. The maximum Gasteiger partial charge on any atom is 0.0992 e. The molecule has 96 valence electrons. The Morgan fingerprint density at radius 1 is 1.10 bits per heavy atom. The summed E-state index contributed by atoms with van der Waals surface area (Å²) in [4.78, 5) is 4.14. The fourth-order valence-corrected chi connectivity index (χ4v) is 2.14. The summed E-state index contributed by atoms with van der Waals surface area (Å²) < 4.78 is 0. The van der Waals surface area contributed by atoms with Gasteiger partial charge in [0, 0.05) is 40.2 Å². The van der Waals surface area contributed by atoms with Crippen molar-refractivity contribution in [2.45, 2.75) is 0 Å². The van der Waals surface area contributed by atoms with E-state index in [-0.39, 0.29) is 0 Å². The van der Waals surface area contributed by atoms with E-state index in [0.717, 1.165) is 27.8 Å². The fraction of sp³-hybridized carbons (Fsp3) is 0. The number of fused-ring (bicyclic) bond motifs is 1. The summed E-state index contributed by atoms with van der Waals surface area (Å²) in [6, 6.07) is 15.1. The van der Waals surface area contributed by atoms with Gasteiger partial charge in [-0.25, -0.2) is 0 Å². The molecule has 1 heterocycles. The minimum Gasteiger partial charge on any atom is -0.398 e. The first-order valence-corrected chi connectivity index (χ1v) is 6.17. The lowest BCUT2D eigenvalue weighted by molar-refractivity contribution is 1.36. The zero-order chi connectivity index (χ0) is 13.9. The van der Waals surface area contributed by atoms with E-state index in [4.69, 9.17) is 11.0 Å². The van der Waals surface area contributed by atoms with Gasteiger partial charge >= 0.3 is 0 Å². The minimum atomic E-state index is 0.618. The zero-order valence-corrected chi connectivity index (χ0v) is 10.7. The molecule has 0 saturated carbocycles. The number of hydrogen-bond acceptors (Lipinski definition) is 4. The van der Waals surface area contributed by atoms with Crippen molar-refractivity contribution >= 4 is 27.8 Å². The van der Waals surface area contributed by atoms with Crippen molar-refractivity contribution in [1.29, 1.82) is 5.26 Å². The zero-order valence-electron chi connectivity index (χ0n) is 10.7. The van der Waals surface area contributed by atoms with E-state index in [1.54, 1.807) is 24.5 Å². The molecule has 0 aliphatic carbocycles. The summed E-state index contributed by atoms with van der Waals surface area (Å²) >= 11 is 0. The van der Waals surface area contributed by atoms with E-state index >= 15 is 0 Å². The molecule has 0 spiro atoms. The van der Waals surface area contributed by atoms with Crippen molar-refractivity contribution in [2.75, 3.05) is 11.1 Å². The molecule has 0 aliphatic rings. The largest absolute Gasteiger partial charge is 0.398 e. The summed E-state index contributed by atoms with van der Waals surface area (Å²) in [5.41, 5.74) is 9.08. The number of anilines is 3. The van der Waals surface area contributed by atoms with E-state index in [2.05, 4.69) is 16.4 Å². The van der Waals surface area contributed by atoms with Crippen molar-refractivity contribution in [3.8, 4) is 6.07 Å². The van der Waals surface area contributed by atoms with Gasteiger partial charge in [-0.2, -0.15) is 5.26 Å². The summed E-state index contributed by atoms with van der Waals surface area (Å²) in [5.74, 6) is 0. The second-order valence-electron chi connectivity index (χ2n) is 4.44. The first-order chi connectivity index (χ1) is 9.78. The van der Waals surface area contributed by atoms with Gasteiger partial charge in [0.25, 0.3) is 0 Å². The lowest BCUT2D eigenvalue weighted by Gasteiger charge is -2.11. The molecule has 3 N–H and O–H groups in total. The van der Waals surface area contributed by atoms with E-state index in [1.807, 2.05) is 30.3 Å². The number of aromatic nitrogens is 1. The molecule has 0 amide bonds. The molecular formula is C16H12N4. The third-order valence-electron chi connectivity index (χ3n) is 3.12. The van der Waals surface area contributed by atoms with Crippen LogP contribution in [0.1, 0.15) is 5.56 Å². The van der Waals surface area contributed by atoms with Crippen LogP contribution in [0.4, 0.5) is 17.1 Å². The first kappa shape index (κ1) is 12.0. The van der Waals surface area contributed by atoms with Gasteiger partial charge in [0.05, 0.1) is 11.6 Å². The van der Waals surface area contributed by atoms with Crippen LogP contribution < -0.4 is 11.1 Å². The van der Waals surface area contributed by atoms with Crippen LogP contribution in [0, 0.1) is 11.3 Å². The van der Waals surface area contributed by atoms with Crippen molar-refractivity contribution in [2.24, 2.45) is 0 Å².